The average molecular weight is 216 g/mol. The van der Waals surface area contributed by atoms with Gasteiger partial charge in [-0.1, -0.05) is 0 Å². The fourth-order valence-corrected chi connectivity index (χ4v) is 1.20. The molecule has 0 aromatic heterocycles. The highest BCUT2D eigenvalue weighted by Crippen LogP contribution is 2.19. The summed E-state index contributed by atoms with van der Waals surface area (Å²) in [5.41, 5.74) is 0.0506. The Morgan fingerprint density at radius 2 is 2.21 bits per heavy atom. The van der Waals surface area contributed by atoms with E-state index in [0.29, 0.717) is 0 Å². The number of carbonyl (C=O) groups is 1. The second-order valence-electron chi connectivity index (χ2n) is 2.53. The molecule has 6 heteroatoms. The topological polar surface area (TPSA) is 80.4 Å². The van der Waals surface area contributed by atoms with Crippen LogP contribution in [0.1, 0.15) is 15.9 Å². The number of non-ortho nitro benzene ring substituents is 1. The number of nitro benzene ring substituents is 1. The van der Waals surface area contributed by atoms with Crippen LogP contribution in [0.2, 0.25) is 0 Å². The van der Waals surface area contributed by atoms with Gasteiger partial charge >= 0.3 is 0 Å². The molecule has 0 spiro atoms. The van der Waals surface area contributed by atoms with Crippen molar-refractivity contribution in [1.82, 2.24) is 0 Å². The molecule has 0 aliphatic rings. The molecule has 1 aromatic carbocycles. The Labute approximate surface area is 84.1 Å². The summed E-state index contributed by atoms with van der Waals surface area (Å²) in [7, 11) is 0. The minimum absolute atomic E-state index is 0.0831. The second-order valence-corrected chi connectivity index (χ2v) is 2.87. The van der Waals surface area contributed by atoms with Crippen LogP contribution in [0.3, 0.4) is 0 Å². The van der Waals surface area contributed by atoms with Crippen LogP contribution in [0.5, 0.6) is 0 Å². The van der Waals surface area contributed by atoms with E-state index in [4.69, 9.17) is 16.7 Å². The van der Waals surface area contributed by atoms with Crippen LogP contribution in [0.15, 0.2) is 18.2 Å². The van der Waals surface area contributed by atoms with Crippen LogP contribution >= 0.6 is 11.6 Å². The molecular weight excluding hydrogens is 210 g/mol. The van der Waals surface area contributed by atoms with E-state index in [0.717, 1.165) is 12.1 Å². The van der Waals surface area contributed by atoms with E-state index >= 15 is 0 Å². The molecule has 0 radical (unpaired) electrons. The molecule has 0 amide bonds. The highest BCUT2D eigenvalue weighted by atomic mass is 35.5. The van der Waals surface area contributed by atoms with E-state index < -0.39 is 16.8 Å². The Kier molecular flexibility index (Phi) is 3.16. The zero-order chi connectivity index (χ0) is 10.7. The van der Waals surface area contributed by atoms with Crippen LogP contribution in [0, 0.1) is 10.1 Å². The lowest BCUT2D eigenvalue weighted by atomic mass is 10.1. The molecule has 0 aliphatic carbocycles. The number of carbonyl (C=O) groups excluding carboxylic acids is 1. The van der Waals surface area contributed by atoms with Crippen LogP contribution in [0.25, 0.3) is 0 Å². The maximum atomic E-state index is 10.8. The van der Waals surface area contributed by atoms with Gasteiger partial charge in [0.05, 0.1) is 11.5 Å². The van der Waals surface area contributed by atoms with E-state index in [2.05, 4.69) is 0 Å². The summed E-state index contributed by atoms with van der Waals surface area (Å²) in [4.78, 5) is 20.5. The number of halogens is 1. The van der Waals surface area contributed by atoms with Crippen molar-refractivity contribution in [3.05, 3.63) is 39.4 Å². The standard InChI is InChI=1S/C8H6ClNO4/c9-8(12)7-2-1-6(10(13)14)3-5(7)4-11/h1-3,11H,4H2. The molecule has 0 bridgehead atoms. The van der Waals surface area contributed by atoms with Crippen LogP contribution in [-0.2, 0) is 6.61 Å². The summed E-state index contributed by atoms with van der Waals surface area (Å²) in [6, 6.07) is 3.50. The number of aliphatic hydroxyl groups is 1. The second kappa shape index (κ2) is 4.17. The summed E-state index contributed by atoms with van der Waals surface area (Å²) in [6.07, 6.45) is 0. The molecule has 0 heterocycles. The van der Waals surface area contributed by atoms with Crippen molar-refractivity contribution in [1.29, 1.82) is 0 Å². The third-order valence-electron chi connectivity index (χ3n) is 1.68. The van der Waals surface area contributed by atoms with Crippen molar-refractivity contribution in [2.24, 2.45) is 0 Å². The summed E-state index contributed by atoms with van der Waals surface area (Å²) in [5, 5.41) is 18.4. The third-order valence-corrected chi connectivity index (χ3v) is 1.89. The Morgan fingerprint density at radius 3 is 2.64 bits per heavy atom. The lowest BCUT2D eigenvalue weighted by Gasteiger charge is -2.01. The molecule has 0 atom stereocenters. The summed E-state index contributed by atoms with van der Waals surface area (Å²) >= 11 is 5.20. The number of rotatable bonds is 3. The van der Waals surface area contributed by atoms with Crippen molar-refractivity contribution in [3.8, 4) is 0 Å². The first-order valence-corrected chi connectivity index (χ1v) is 4.02. The van der Waals surface area contributed by atoms with Gasteiger partial charge in [-0.05, 0) is 23.2 Å². The van der Waals surface area contributed by atoms with Crippen molar-refractivity contribution < 1.29 is 14.8 Å². The monoisotopic (exact) mass is 215 g/mol. The van der Waals surface area contributed by atoms with Gasteiger partial charge in [0.25, 0.3) is 10.9 Å². The van der Waals surface area contributed by atoms with Crippen LogP contribution < -0.4 is 0 Å². The van der Waals surface area contributed by atoms with E-state index in [1.807, 2.05) is 0 Å². The maximum Gasteiger partial charge on any atom is 0.269 e. The molecule has 0 saturated heterocycles. The van der Waals surface area contributed by atoms with Crippen LogP contribution in [-0.4, -0.2) is 15.3 Å². The molecule has 5 nitrogen and oxygen atoms in total. The quantitative estimate of drug-likeness (QED) is 0.470. The van der Waals surface area contributed by atoms with Gasteiger partial charge in [0.2, 0.25) is 0 Å². The Balaban J connectivity index is 3.25. The lowest BCUT2D eigenvalue weighted by Crippen LogP contribution is -1.99. The highest BCUT2D eigenvalue weighted by Gasteiger charge is 2.13. The number of nitrogens with zero attached hydrogens (tertiary/aromatic N) is 1. The largest absolute Gasteiger partial charge is 0.392 e. The van der Waals surface area contributed by atoms with Gasteiger partial charge in [0.1, 0.15) is 0 Å². The Morgan fingerprint density at radius 1 is 1.57 bits per heavy atom. The average Bonchev–Trinajstić information content (AvgIpc) is 2.16. The van der Waals surface area contributed by atoms with E-state index in [-0.39, 0.29) is 16.8 Å². The van der Waals surface area contributed by atoms with Gasteiger partial charge in [-0.25, -0.2) is 0 Å². The minimum atomic E-state index is -0.746. The fourth-order valence-electron chi connectivity index (χ4n) is 1.02. The summed E-state index contributed by atoms with van der Waals surface area (Å²) in [5.74, 6) is 0. The molecule has 1 aromatic rings. The first-order valence-electron chi connectivity index (χ1n) is 3.64. The predicted molar refractivity (Wildman–Crippen MR) is 49.2 cm³/mol. The Hall–Kier alpha value is -1.46. The first kappa shape index (κ1) is 10.6. The van der Waals surface area contributed by atoms with Gasteiger partial charge in [0.15, 0.2) is 0 Å². The van der Waals surface area contributed by atoms with Gasteiger partial charge < -0.3 is 5.11 Å². The number of benzene rings is 1. The fraction of sp³-hybridized carbons (Fsp3) is 0.125. The molecular formula is C8H6ClNO4. The van der Waals surface area contributed by atoms with Gasteiger partial charge in [0, 0.05) is 17.7 Å². The van der Waals surface area contributed by atoms with Crippen molar-refractivity contribution >= 4 is 22.5 Å². The normalized spacial score (nSPS) is 9.86. The van der Waals surface area contributed by atoms with E-state index in [9.17, 15) is 14.9 Å². The molecule has 14 heavy (non-hydrogen) atoms. The summed E-state index contributed by atoms with van der Waals surface area (Å²) in [6.45, 7) is -0.463. The lowest BCUT2D eigenvalue weighted by molar-refractivity contribution is -0.384. The smallest absolute Gasteiger partial charge is 0.269 e. The maximum absolute atomic E-state index is 10.8. The number of aliphatic hydroxyl groups excluding tert-OH is 1. The Bertz CT molecular complexity index is 391. The molecule has 0 aliphatic heterocycles. The zero-order valence-corrected chi connectivity index (χ0v) is 7.69. The number of nitro groups is 1. The SMILES string of the molecule is O=C(Cl)c1ccc([N+](=O)[O-])cc1CO. The molecule has 74 valence electrons. The van der Waals surface area contributed by atoms with E-state index in [1.165, 1.54) is 6.07 Å². The molecule has 1 rings (SSSR count). The van der Waals surface area contributed by atoms with Crippen molar-refractivity contribution in [2.75, 3.05) is 0 Å². The van der Waals surface area contributed by atoms with E-state index in [1.54, 1.807) is 0 Å². The van der Waals surface area contributed by atoms with Crippen LogP contribution in [0.4, 0.5) is 5.69 Å². The molecule has 0 fully saturated rings. The first-order chi connectivity index (χ1) is 6.56. The van der Waals surface area contributed by atoms with Gasteiger partial charge in [-0.15, -0.1) is 0 Å². The number of hydrogen-bond donors (Lipinski definition) is 1. The molecule has 0 unspecified atom stereocenters. The third kappa shape index (κ3) is 2.07. The number of hydrogen-bond acceptors (Lipinski definition) is 4. The van der Waals surface area contributed by atoms with Gasteiger partial charge in [-0.3, -0.25) is 14.9 Å². The highest BCUT2D eigenvalue weighted by molar-refractivity contribution is 6.67. The van der Waals surface area contributed by atoms with Crippen molar-refractivity contribution in [3.63, 3.8) is 0 Å². The van der Waals surface area contributed by atoms with Crippen molar-refractivity contribution in [2.45, 2.75) is 6.61 Å². The zero-order valence-electron chi connectivity index (χ0n) is 6.94. The van der Waals surface area contributed by atoms with Gasteiger partial charge in [-0.2, -0.15) is 0 Å². The predicted octanol–water partition coefficient (Wildman–Crippen LogP) is 1.47. The summed E-state index contributed by atoms with van der Waals surface area (Å²) < 4.78 is 0. The molecule has 0 saturated carbocycles. The molecule has 1 N–H and O–H groups in total. The minimum Gasteiger partial charge on any atom is -0.392 e.